The summed E-state index contributed by atoms with van der Waals surface area (Å²) in [6.07, 6.45) is 3.27. The van der Waals surface area contributed by atoms with Gasteiger partial charge in [-0.15, -0.1) is 0 Å². The summed E-state index contributed by atoms with van der Waals surface area (Å²) in [6.45, 7) is 1.57. The first-order chi connectivity index (χ1) is 8.58. The maximum atomic E-state index is 12.0. The lowest BCUT2D eigenvalue weighted by Gasteiger charge is -2.27. The minimum absolute atomic E-state index is 0.144. The van der Waals surface area contributed by atoms with Crippen LogP contribution in [0.3, 0.4) is 0 Å². The lowest BCUT2D eigenvalue weighted by atomic mass is 10.1. The number of hydrogen-bond acceptors (Lipinski definition) is 1. The van der Waals surface area contributed by atoms with Gasteiger partial charge in [-0.25, -0.2) is 4.79 Å². The standard InChI is InChI=1S/C12H13Cl3N2O/c13-8-6-10(15)11(7-9(8)14)16-12(18)17-4-2-1-3-5-17/h6-7H,1-5H2,(H,16,18). The van der Waals surface area contributed by atoms with Crippen molar-refractivity contribution in [2.24, 2.45) is 0 Å². The lowest BCUT2D eigenvalue weighted by molar-refractivity contribution is 0.200. The van der Waals surface area contributed by atoms with Crippen molar-refractivity contribution in [1.82, 2.24) is 4.90 Å². The van der Waals surface area contributed by atoms with Crippen LogP contribution in [0.5, 0.6) is 0 Å². The van der Waals surface area contributed by atoms with Gasteiger partial charge < -0.3 is 10.2 Å². The monoisotopic (exact) mass is 306 g/mol. The fraction of sp³-hybridized carbons (Fsp3) is 0.417. The van der Waals surface area contributed by atoms with Crippen molar-refractivity contribution >= 4 is 46.5 Å². The van der Waals surface area contributed by atoms with Crippen molar-refractivity contribution in [2.45, 2.75) is 19.3 Å². The van der Waals surface area contributed by atoms with Crippen molar-refractivity contribution < 1.29 is 4.79 Å². The Morgan fingerprint density at radius 2 is 1.61 bits per heavy atom. The molecule has 0 atom stereocenters. The van der Waals surface area contributed by atoms with Gasteiger partial charge in [-0.2, -0.15) is 0 Å². The zero-order chi connectivity index (χ0) is 13.1. The number of nitrogens with zero attached hydrogens (tertiary/aromatic N) is 1. The van der Waals surface area contributed by atoms with E-state index in [1.807, 2.05) is 0 Å². The van der Waals surface area contributed by atoms with Crippen LogP contribution >= 0.6 is 34.8 Å². The highest BCUT2D eigenvalue weighted by Gasteiger charge is 2.17. The Balaban J connectivity index is 2.08. The Bertz CT molecular complexity index is 459. The molecular weight excluding hydrogens is 295 g/mol. The van der Waals surface area contributed by atoms with Gasteiger partial charge in [0, 0.05) is 13.1 Å². The summed E-state index contributed by atoms with van der Waals surface area (Å²) in [5, 5.41) is 3.89. The third-order valence-electron chi connectivity index (χ3n) is 2.89. The number of nitrogens with one attached hydrogen (secondary N) is 1. The van der Waals surface area contributed by atoms with Gasteiger partial charge in [0.05, 0.1) is 20.8 Å². The molecule has 18 heavy (non-hydrogen) atoms. The Morgan fingerprint density at radius 1 is 1.00 bits per heavy atom. The van der Waals surface area contributed by atoms with E-state index in [9.17, 15) is 4.79 Å². The minimum atomic E-state index is -0.144. The van der Waals surface area contributed by atoms with E-state index in [0.29, 0.717) is 20.8 Å². The third kappa shape index (κ3) is 3.22. The molecule has 1 aliphatic heterocycles. The van der Waals surface area contributed by atoms with Gasteiger partial charge in [-0.3, -0.25) is 0 Å². The molecule has 1 saturated heterocycles. The van der Waals surface area contributed by atoms with Crippen molar-refractivity contribution in [3.05, 3.63) is 27.2 Å². The summed E-state index contributed by atoms with van der Waals surface area (Å²) in [5.41, 5.74) is 0.488. The molecule has 0 saturated carbocycles. The molecule has 6 heteroatoms. The van der Waals surface area contributed by atoms with Crippen molar-refractivity contribution in [2.75, 3.05) is 18.4 Å². The molecule has 1 N–H and O–H groups in total. The molecule has 98 valence electrons. The molecule has 1 fully saturated rings. The smallest absolute Gasteiger partial charge is 0.321 e. The van der Waals surface area contributed by atoms with E-state index in [4.69, 9.17) is 34.8 Å². The molecule has 0 bridgehead atoms. The topological polar surface area (TPSA) is 32.3 Å². The Labute approximate surface area is 121 Å². The number of rotatable bonds is 1. The van der Waals surface area contributed by atoms with E-state index >= 15 is 0 Å². The van der Waals surface area contributed by atoms with E-state index in [2.05, 4.69) is 5.32 Å². The maximum Gasteiger partial charge on any atom is 0.321 e. The molecular formula is C12H13Cl3N2O. The average molecular weight is 308 g/mol. The predicted octanol–water partition coefficient (Wildman–Crippen LogP) is 4.66. The number of piperidine rings is 1. The first-order valence-corrected chi connectivity index (χ1v) is 6.92. The number of likely N-dealkylation sites (tertiary alicyclic amines) is 1. The average Bonchev–Trinajstić information content (AvgIpc) is 2.37. The first kappa shape index (κ1) is 13.8. The van der Waals surface area contributed by atoms with Crippen LogP contribution in [0.15, 0.2) is 12.1 Å². The number of hydrogen-bond donors (Lipinski definition) is 1. The van der Waals surface area contributed by atoms with E-state index in [1.54, 1.807) is 11.0 Å². The summed E-state index contributed by atoms with van der Waals surface area (Å²) < 4.78 is 0. The van der Waals surface area contributed by atoms with Crippen LogP contribution in [0.1, 0.15) is 19.3 Å². The second kappa shape index (κ2) is 6.00. The van der Waals surface area contributed by atoms with Crippen LogP contribution in [0.2, 0.25) is 15.1 Å². The highest BCUT2D eigenvalue weighted by atomic mass is 35.5. The summed E-state index contributed by atoms with van der Waals surface area (Å²) in [4.78, 5) is 13.8. The molecule has 1 aromatic rings. The van der Waals surface area contributed by atoms with E-state index < -0.39 is 0 Å². The fourth-order valence-electron chi connectivity index (χ4n) is 1.91. The quantitative estimate of drug-likeness (QED) is 0.752. The third-order valence-corrected chi connectivity index (χ3v) is 3.93. The molecule has 0 radical (unpaired) electrons. The highest BCUT2D eigenvalue weighted by Crippen LogP contribution is 2.32. The number of carbonyl (C=O) groups excluding carboxylic acids is 1. The second-order valence-electron chi connectivity index (χ2n) is 4.22. The Morgan fingerprint density at radius 3 is 2.28 bits per heavy atom. The molecule has 3 nitrogen and oxygen atoms in total. The predicted molar refractivity (Wildman–Crippen MR) is 75.9 cm³/mol. The normalized spacial score (nSPS) is 15.6. The van der Waals surface area contributed by atoms with Crippen LogP contribution in [-0.4, -0.2) is 24.0 Å². The van der Waals surface area contributed by atoms with Crippen LogP contribution in [0.25, 0.3) is 0 Å². The maximum absolute atomic E-state index is 12.0. The number of anilines is 1. The van der Waals surface area contributed by atoms with E-state index in [0.717, 1.165) is 25.9 Å². The van der Waals surface area contributed by atoms with Gasteiger partial charge in [-0.05, 0) is 31.4 Å². The van der Waals surface area contributed by atoms with Gasteiger partial charge >= 0.3 is 6.03 Å². The lowest BCUT2D eigenvalue weighted by Crippen LogP contribution is -2.38. The van der Waals surface area contributed by atoms with E-state index in [-0.39, 0.29) is 6.03 Å². The van der Waals surface area contributed by atoms with Crippen LogP contribution in [0, 0.1) is 0 Å². The Hall–Kier alpha value is -0.640. The van der Waals surface area contributed by atoms with Crippen molar-refractivity contribution in [1.29, 1.82) is 0 Å². The molecule has 0 aliphatic carbocycles. The molecule has 2 rings (SSSR count). The first-order valence-electron chi connectivity index (χ1n) is 5.78. The molecule has 0 aromatic heterocycles. The Kier molecular flexibility index (Phi) is 4.60. The van der Waals surface area contributed by atoms with Gasteiger partial charge in [0.15, 0.2) is 0 Å². The molecule has 2 amide bonds. The van der Waals surface area contributed by atoms with Gasteiger partial charge in [0.25, 0.3) is 0 Å². The van der Waals surface area contributed by atoms with Gasteiger partial charge in [-0.1, -0.05) is 34.8 Å². The molecule has 0 spiro atoms. The van der Waals surface area contributed by atoms with Crippen LogP contribution in [-0.2, 0) is 0 Å². The van der Waals surface area contributed by atoms with Gasteiger partial charge in [0.2, 0.25) is 0 Å². The summed E-state index contributed by atoms with van der Waals surface area (Å²) in [5.74, 6) is 0. The fourth-order valence-corrected chi connectivity index (χ4v) is 2.50. The number of benzene rings is 1. The second-order valence-corrected chi connectivity index (χ2v) is 5.45. The SMILES string of the molecule is O=C(Nc1cc(Cl)c(Cl)cc1Cl)N1CCCCC1. The number of halogens is 3. The van der Waals surface area contributed by atoms with Crippen molar-refractivity contribution in [3.63, 3.8) is 0 Å². The molecule has 1 aliphatic rings. The summed E-state index contributed by atoms with van der Waals surface area (Å²) in [6, 6.07) is 2.95. The number of urea groups is 1. The molecule has 1 heterocycles. The van der Waals surface area contributed by atoms with Crippen LogP contribution in [0.4, 0.5) is 10.5 Å². The molecule has 1 aromatic carbocycles. The number of carbonyl (C=O) groups is 1. The minimum Gasteiger partial charge on any atom is -0.325 e. The van der Waals surface area contributed by atoms with Gasteiger partial charge in [0.1, 0.15) is 0 Å². The zero-order valence-corrected chi connectivity index (χ0v) is 11.9. The van der Waals surface area contributed by atoms with E-state index in [1.165, 1.54) is 12.5 Å². The summed E-state index contributed by atoms with van der Waals surface area (Å²) in [7, 11) is 0. The summed E-state index contributed by atoms with van der Waals surface area (Å²) >= 11 is 17.7. The largest absolute Gasteiger partial charge is 0.325 e. The van der Waals surface area contributed by atoms with Crippen LogP contribution < -0.4 is 5.32 Å². The zero-order valence-electron chi connectivity index (χ0n) is 9.68. The van der Waals surface area contributed by atoms with Crippen molar-refractivity contribution in [3.8, 4) is 0 Å². The number of amides is 2. The molecule has 0 unspecified atom stereocenters. The highest BCUT2D eigenvalue weighted by molar-refractivity contribution is 6.44.